The van der Waals surface area contributed by atoms with Crippen molar-refractivity contribution in [1.29, 1.82) is 0 Å². The van der Waals surface area contributed by atoms with E-state index in [1.54, 1.807) is 16.8 Å². The van der Waals surface area contributed by atoms with Crippen molar-refractivity contribution in [2.75, 3.05) is 24.2 Å². The molecule has 0 radical (unpaired) electrons. The Labute approximate surface area is 217 Å². The molecule has 2 N–H and O–H groups in total. The lowest BCUT2D eigenvalue weighted by Gasteiger charge is -2.27. The van der Waals surface area contributed by atoms with Gasteiger partial charge in [0, 0.05) is 42.2 Å². The maximum Gasteiger partial charge on any atom is 0.417 e. The molecule has 1 aliphatic heterocycles. The molecule has 0 spiro atoms. The maximum absolute atomic E-state index is 16.1. The largest absolute Gasteiger partial charge is 0.417 e. The van der Waals surface area contributed by atoms with Gasteiger partial charge < -0.3 is 15.5 Å². The van der Waals surface area contributed by atoms with Crippen LogP contribution >= 0.6 is 11.3 Å². The first-order chi connectivity index (χ1) is 17.9. The summed E-state index contributed by atoms with van der Waals surface area (Å²) < 4.78 is 73.5. The molecule has 1 fully saturated rings. The highest BCUT2D eigenvalue weighted by atomic mass is 32.1. The summed E-state index contributed by atoms with van der Waals surface area (Å²) in [7, 11) is 1.63. The summed E-state index contributed by atoms with van der Waals surface area (Å²) in [4.78, 5) is 27.5. The van der Waals surface area contributed by atoms with Crippen LogP contribution in [0.4, 0.5) is 32.9 Å². The number of halogens is 5. The van der Waals surface area contributed by atoms with Crippen molar-refractivity contribution in [3.63, 3.8) is 0 Å². The highest BCUT2D eigenvalue weighted by molar-refractivity contribution is 7.22. The second kappa shape index (κ2) is 9.15. The predicted octanol–water partition coefficient (Wildman–Crippen LogP) is 5.40. The molecule has 7 nitrogen and oxygen atoms in total. The van der Waals surface area contributed by atoms with Gasteiger partial charge in [0.2, 0.25) is 5.91 Å². The first kappa shape index (κ1) is 25.8. The van der Waals surface area contributed by atoms with E-state index in [4.69, 9.17) is 5.73 Å². The zero-order chi connectivity index (χ0) is 27.5. The van der Waals surface area contributed by atoms with Crippen LogP contribution in [0.3, 0.4) is 0 Å². The normalized spacial score (nSPS) is 17.9. The third kappa shape index (κ3) is 4.10. The number of likely N-dealkylation sites (N-methyl/N-ethyl adjacent to an activating group) is 1. The number of rotatable bonds is 4. The van der Waals surface area contributed by atoms with E-state index in [9.17, 15) is 22.4 Å². The molecule has 198 valence electrons. The van der Waals surface area contributed by atoms with Crippen LogP contribution in [0.5, 0.6) is 0 Å². The third-order valence-electron chi connectivity index (χ3n) is 6.83. The summed E-state index contributed by atoms with van der Waals surface area (Å²) in [5.41, 5.74) is 2.84. The fourth-order valence-electron chi connectivity index (χ4n) is 4.99. The summed E-state index contributed by atoms with van der Waals surface area (Å²) >= 11 is 0.756. The van der Waals surface area contributed by atoms with Crippen LogP contribution in [-0.4, -0.2) is 51.4 Å². The molecule has 2 aromatic heterocycles. The van der Waals surface area contributed by atoms with Crippen LogP contribution in [0.25, 0.3) is 32.2 Å². The predicted molar refractivity (Wildman–Crippen MR) is 136 cm³/mol. The summed E-state index contributed by atoms with van der Waals surface area (Å²) in [5, 5.41) is -0.219. The Morgan fingerprint density at radius 1 is 1.26 bits per heavy atom. The minimum Gasteiger partial charge on any atom is -0.375 e. The second-order valence-corrected chi connectivity index (χ2v) is 10.1. The Morgan fingerprint density at radius 2 is 2.00 bits per heavy atom. The molecule has 2 unspecified atom stereocenters. The maximum atomic E-state index is 16.1. The number of nitrogen functional groups attached to an aromatic ring is 1. The number of nitrogens with two attached hydrogens (primary N) is 1. The second-order valence-electron chi connectivity index (χ2n) is 9.07. The monoisotopic (exact) mass is 548 g/mol. The van der Waals surface area contributed by atoms with Crippen LogP contribution in [0.15, 0.2) is 37.2 Å². The molecular weight excluding hydrogens is 527 g/mol. The molecule has 13 heteroatoms. The van der Waals surface area contributed by atoms with Crippen molar-refractivity contribution in [2.24, 2.45) is 0 Å². The van der Waals surface area contributed by atoms with Gasteiger partial charge in [0.15, 0.2) is 10.9 Å². The Morgan fingerprint density at radius 3 is 2.68 bits per heavy atom. The molecule has 0 saturated carbocycles. The van der Waals surface area contributed by atoms with Gasteiger partial charge in [-0.15, -0.1) is 0 Å². The van der Waals surface area contributed by atoms with Crippen molar-refractivity contribution in [2.45, 2.75) is 31.6 Å². The average Bonchev–Trinajstić information content (AvgIpc) is 3.46. The number of benzene rings is 2. The van der Waals surface area contributed by atoms with Crippen LogP contribution in [0, 0.1) is 11.6 Å². The molecule has 2 aromatic carbocycles. The molecule has 1 amide bonds. The van der Waals surface area contributed by atoms with Gasteiger partial charge in [-0.2, -0.15) is 13.2 Å². The van der Waals surface area contributed by atoms with Crippen molar-refractivity contribution in [1.82, 2.24) is 19.9 Å². The Hall–Kier alpha value is -3.87. The zero-order valence-electron chi connectivity index (χ0n) is 20.2. The highest BCUT2D eigenvalue weighted by Crippen LogP contribution is 2.45. The number of alkyl halides is 3. The molecule has 1 saturated heterocycles. The number of hydrogen-bond acceptors (Lipinski definition) is 7. The first-order valence-corrected chi connectivity index (χ1v) is 12.3. The molecule has 1 aliphatic rings. The van der Waals surface area contributed by atoms with E-state index in [2.05, 4.69) is 21.5 Å². The number of carbonyl (C=O) groups excluding carboxylic acids is 1. The molecular formula is C25H21F5N6OS. The standard InChI is InChI=1S/C25H21F5N6OS/c1-4-17(37)36-9-12(7-11(36)2)35(3)23-14-8-15(25(28,29)30)18(19(27)20(14)32-10-33-23)13-5-6-16(26)22-21(13)34-24(31)38-22/h4-6,8,10-12H,1,7,9H2,2-3H3,(H2,31,34). The van der Waals surface area contributed by atoms with Crippen LogP contribution < -0.4 is 10.6 Å². The third-order valence-corrected chi connectivity index (χ3v) is 7.72. The van der Waals surface area contributed by atoms with E-state index in [1.807, 2.05) is 6.92 Å². The summed E-state index contributed by atoms with van der Waals surface area (Å²) in [6.07, 6.45) is -2.19. The topological polar surface area (TPSA) is 88.2 Å². The molecule has 38 heavy (non-hydrogen) atoms. The van der Waals surface area contributed by atoms with Gasteiger partial charge in [-0.25, -0.2) is 23.7 Å². The van der Waals surface area contributed by atoms with Gasteiger partial charge in [0.05, 0.1) is 15.8 Å². The number of thiazole rings is 1. The summed E-state index contributed by atoms with van der Waals surface area (Å²) in [5.74, 6) is -2.15. The molecule has 0 bridgehead atoms. The summed E-state index contributed by atoms with van der Waals surface area (Å²) in [6.45, 7) is 5.65. The molecule has 2 atom stereocenters. The molecule has 4 aromatic rings. The fourth-order valence-corrected chi connectivity index (χ4v) is 5.75. The number of nitrogens with zero attached hydrogens (tertiary/aromatic N) is 5. The van der Waals surface area contributed by atoms with Gasteiger partial charge in [0.1, 0.15) is 23.5 Å². The van der Waals surface area contributed by atoms with E-state index in [0.717, 1.165) is 35.9 Å². The SMILES string of the molecule is C=CC(=O)N1CC(N(C)c2ncnc3c(F)c(-c4ccc(F)c5sc(N)nc45)c(C(F)(F)F)cc23)CC1C. The number of carbonyl (C=O) groups is 1. The molecule has 5 rings (SSSR count). The van der Waals surface area contributed by atoms with E-state index in [-0.39, 0.29) is 55.6 Å². The zero-order valence-corrected chi connectivity index (χ0v) is 21.0. The first-order valence-electron chi connectivity index (χ1n) is 11.5. The van der Waals surface area contributed by atoms with E-state index in [1.165, 1.54) is 6.08 Å². The Balaban J connectivity index is 1.71. The number of aromatic nitrogens is 3. The van der Waals surface area contributed by atoms with Gasteiger partial charge in [0.25, 0.3) is 0 Å². The smallest absolute Gasteiger partial charge is 0.375 e. The lowest BCUT2D eigenvalue weighted by Crippen LogP contribution is -2.37. The van der Waals surface area contributed by atoms with Crippen molar-refractivity contribution >= 4 is 49.3 Å². The average molecular weight is 549 g/mol. The van der Waals surface area contributed by atoms with Crippen molar-refractivity contribution < 1.29 is 26.7 Å². The number of likely N-dealkylation sites (tertiary alicyclic amines) is 1. The number of amides is 1. The number of anilines is 2. The highest BCUT2D eigenvalue weighted by Gasteiger charge is 2.39. The van der Waals surface area contributed by atoms with E-state index in [0.29, 0.717) is 13.0 Å². The van der Waals surface area contributed by atoms with E-state index < -0.39 is 28.9 Å². The molecule has 0 aliphatic carbocycles. The van der Waals surface area contributed by atoms with Crippen LogP contribution in [0.2, 0.25) is 0 Å². The quantitative estimate of drug-likeness (QED) is 0.272. The van der Waals surface area contributed by atoms with Gasteiger partial charge in [-0.05, 0) is 37.6 Å². The van der Waals surface area contributed by atoms with Gasteiger partial charge >= 0.3 is 6.18 Å². The van der Waals surface area contributed by atoms with Crippen LogP contribution in [0.1, 0.15) is 18.9 Å². The Bertz CT molecular complexity index is 1600. The van der Waals surface area contributed by atoms with Gasteiger partial charge in [-0.3, -0.25) is 4.79 Å². The van der Waals surface area contributed by atoms with Gasteiger partial charge in [-0.1, -0.05) is 17.9 Å². The Kier molecular flexibility index (Phi) is 6.21. The lowest BCUT2D eigenvalue weighted by molar-refractivity contribution is -0.137. The van der Waals surface area contributed by atoms with Crippen molar-refractivity contribution in [3.8, 4) is 11.1 Å². The minimum atomic E-state index is -4.98. The lowest BCUT2D eigenvalue weighted by atomic mass is 9.95. The van der Waals surface area contributed by atoms with Crippen molar-refractivity contribution in [3.05, 3.63) is 54.4 Å². The molecule has 3 heterocycles. The summed E-state index contributed by atoms with van der Waals surface area (Å²) in [6, 6.07) is 2.38. The van der Waals surface area contributed by atoms with Crippen LogP contribution in [-0.2, 0) is 11.0 Å². The minimum absolute atomic E-state index is 0.0675. The number of fused-ring (bicyclic) bond motifs is 2. The number of hydrogen-bond donors (Lipinski definition) is 1. The van der Waals surface area contributed by atoms with E-state index >= 15 is 4.39 Å². The fraction of sp³-hybridized carbons (Fsp3) is 0.280.